The molecule has 2 unspecified atom stereocenters. The highest BCUT2D eigenvalue weighted by Crippen LogP contribution is 2.37. The Morgan fingerprint density at radius 1 is 1.25 bits per heavy atom. The van der Waals surface area contributed by atoms with Gasteiger partial charge in [-0.15, -0.1) is 0 Å². The molecule has 28 heavy (non-hydrogen) atoms. The number of carbonyl (C=O) groups is 1. The molecular formula is C19H22F3N3O3. The summed E-state index contributed by atoms with van der Waals surface area (Å²) in [5.74, 6) is -0.580. The van der Waals surface area contributed by atoms with E-state index in [4.69, 9.17) is 9.26 Å². The molecule has 0 aliphatic heterocycles. The lowest BCUT2D eigenvalue weighted by molar-refractivity contribution is -0.189. The molecule has 1 aliphatic rings. The molecule has 1 fully saturated rings. The lowest BCUT2D eigenvalue weighted by Gasteiger charge is -2.33. The van der Waals surface area contributed by atoms with Gasteiger partial charge in [0, 0.05) is 24.4 Å². The van der Waals surface area contributed by atoms with Crippen molar-refractivity contribution in [2.45, 2.75) is 50.7 Å². The van der Waals surface area contributed by atoms with Crippen LogP contribution >= 0.6 is 0 Å². The monoisotopic (exact) mass is 397 g/mol. The van der Waals surface area contributed by atoms with Gasteiger partial charge in [-0.25, -0.2) is 0 Å². The molecule has 6 nitrogen and oxygen atoms in total. The van der Waals surface area contributed by atoms with E-state index in [1.165, 1.54) is 0 Å². The number of rotatable bonds is 6. The zero-order chi connectivity index (χ0) is 20.1. The summed E-state index contributed by atoms with van der Waals surface area (Å²) in [6, 6.07) is 6.22. The van der Waals surface area contributed by atoms with Crippen LogP contribution in [-0.2, 0) is 11.2 Å². The second-order valence-electron chi connectivity index (χ2n) is 6.85. The Hall–Kier alpha value is -2.58. The molecule has 1 aliphatic carbocycles. The van der Waals surface area contributed by atoms with E-state index in [1.807, 2.05) is 0 Å². The first-order chi connectivity index (χ1) is 13.4. The third kappa shape index (κ3) is 5.02. The average Bonchev–Trinajstić information content (AvgIpc) is 3.15. The van der Waals surface area contributed by atoms with Gasteiger partial charge in [-0.2, -0.15) is 18.2 Å². The normalized spacial score (nSPS) is 20.0. The van der Waals surface area contributed by atoms with Crippen molar-refractivity contribution in [3.05, 3.63) is 30.2 Å². The first kappa shape index (κ1) is 20.2. The maximum atomic E-state index is 13.1. The Kier molecular flexibility index (Phi) is 6.21. The van der Waals surface area contributed by atoms with Crippen molar-refractivity contribution in [2.75, 3.05) is 7.11 Å². The summed E-state index contributed by atoms with van der Waals surface area (Å²) < 4.78 is 49.6. The number of aryl methyl sites for hydroxylation is 1. The molecular weight excluding hydrogens is 375 g/mol. The largest absolute Gasteiger partial charge is 0.497 e. The molecule has 0 saturated heterocycles. The van der Waals surface area contributed by atoms with Crippen molar-refractivity contribution < 1.29 is 27.2 Å². The average molecular weight is 397 g/mol. The topological polar surface area (TPSA) is 77.2 Å². The van der Waals surface area contributed by atoms with Crippen LogP contribution < -0.4 is 10.1 Å². The number of ether oxygens (including phenoxy) is 1. The fraction of sp³-hybridized carbons (Fsp3) is 0.526. The van der Waals surface area contributed by atoms with Gasteiger partial charge in [-0.05, 0) is 37.1 Å². The minimum atomic E-state index is -4.29. The molecule has 152 valence electrons. The van der Waals surface area contributed by atoms with Gasteiger partial charge >= 0.3 is 6.18 Å². The van der Waals surface area contributed by atoms with Crippen LogP contribution in [-0.4, -0.2) is 35.4 Å². The summed E-state index contributed by atoms with van der Waals surface area (Å²) in [6.45, 7) is 0. The SMILES string of the molecule is COc1ccc(-c2noc(CCC(=O)NC3CCCCC3C(F)(F)F)n2)cc1. The highest BCUT2D eigenvalue weighted by Gasteiger charge is 2.45. The van der Waals surface area contributed by atoms with Crippen LogP contribution in [0.1, 0.15) is 38.0 Å². The molecule has 1 N–H and O–H groups in total. The van der Waals surface area contributed by atoms with E-state index >= 15 is 0 Å². The summed E-state index contributed by atoms with van der Waals surface area (Å²) in [5.41, 5.74) is 0.732. The number of amides is 1. The van der Waals surface area contributed by atoms with Crippen molar-refractivity contribution in [3.8, 4) is 17.1 Å². The molecule has 9 heteroatoms. The molecule has 2 aromatic rings. The van der Waals surface area contributed by atoms with Gasteiger partial charge in [0.25, 0.3) is 0 Å². The molecule has 0 bridgehead atoms. The van der Waals surface area contributed by atoms with Crippen molar-refractivity contribution in [1.82, 2.24) is 15.5 Å². The minimum absolute atomic E-state index is 0.00861. The van der Waals surface area contributed by atoms with Gasteiger partial charge in [-0.1, -0.05) is 18.0 Å². The number of nitrogens with one attached hydrogen (secondary N) is 1. The number of halogens is 3. The number of hydrogen-bond acceptors (Lipinski definition) is 5. The molecule has 1 heterocycles. The molecule has 1 amide bonds. The number of nitrogens with zero attached hydrogens (tertiary/aromatic N) is 2. The van der Waals surface area contributed by atoms with E-state index < -0.39 is 24.0 Å². The summed E-state index contributed by atoms with van der Waals surface area (Å²) in [4.78, 5) is 16.4. The van der Waals surface area contributed by atoms with E-state index in [1.54, 1.807) is 31.4 Å². The third-order valence-corrected chi connectivity index (χ3v) is 4.92. The van der Waals surface area contributed by atoms with Gasteiger partial charge in [0.2, 0.25) is 17.6 Å². The smallest absolute Gasteiger partial charge is 0.393 e. The fourth-order valence-corrected chi connectivity index (χ4v) is 3.41. The predicted octanol–water partition coefficient (Wildman–Crippen LogP) is 3.92. The summed E-state index contributed by atoms with van der Waals surface area (Å²) in [6.07, 6.45) is -2.51. The van der Waals surface area contributed by atoms with E-state index in [9.17, 15) is 18.0 Å². The molecule has 1 saturated carbocycles. The molecule has 0 spiro atoms. The van der Waals surface area contributed by atoms with Gasteiger partial charge < -0.3 is 14.6 Å². The second-order valence-corrected chi connectivity index (χ2v) is 6.85. The quantitative estimate of drug-likeness (QED) is 0.800. The number of methoxy groups -OCH3 is 1. The number of aromatic nitrogens is 2. The second kappa shape index (κ2) is 8.62. The van der Waals surface area contributed by atoms with E-state index in [0.717, 1.165) is 5.56 Å². The molecule has 2 atom stereocenters. The number of alkyl halides is 3. The Morgan fingerprint density at radius 2 is 1.96 bits per heavy atom. The van der Waals surface area contributed by atoms with Crippen LogP contribution in [0.5, 0.6) is 5.75 Å². The van der Waals surface area contributed by atoms with Crippen molar-refractivity contribution >= 4 is 5.91 Å². The first-order valence-electron chi connectivity index (χ1n) is 9.20. The van der Waals surface area contributed by atoms with Gasteiger partial charge in [-0.3, -0.25) is 4.79 Å². The Bertz CT molecular complexity index is 790. The van der Waals surface area contributed by atoms with E-state index in [-0.39, 0.29) is 25.2 Å². The Labute approximate surface area is 160 Å². The highest BCUT2D eigenvalue weighted by atomic mass is 19.4. The summed E-state index contributed by atoms with van der Waals surface area (Å²) >= 11 is 0. The van der Waals surface area contributed by atoms with Crippen molar-refractivity contribution in [3.63, 3.8) is 0 Å². The maximum absolute atomic E-state index is 13.1. The van der Waals surface area contributed by atoms with Crippen molar-refractivity contribution in [1.29, 1.82) is 0 Å². The van der Waals surface area contributed by atoms with Crippen molar-refractivity contribution in [2.24, 2.45) is 5.92 Å². The Balaban J connectivity index is 1.54. The van der Waals surface area contributed by atoms with E-state index in [0.29, 0.717) is 30.8 Å². The third-order valence-electron chi connectivity index (χ3n) is 4.92. The van der Waals surface area contributed by atoms with Crippen LogP contribution in [0.2, 0.25) is 0 Å². The summed E-state index contributed by atoms with van der Waals surface area (Å²) in [7, 11) is 1.57. The fourth-order valence-electron chi connectivity index (χ4n) is 3.41. The minimum Gasteiger partial charge on any atom is -0.497 e. The van der Waals surface area contributed by atoms with Gasteiger partial charge in [0.1, 0.15) is 5.75 Å². The lowest BCUT2D eigenvalue weighted by Crippen LogP contribution is -2.47. The first-order valence-corrected chi connectivity index (χ1v) is 9.20. The van der Waals surface area contributed by atoms with Crippen LogP contribution in [0.3, 0.4) is 0 Å². The van der Waals surface area contributed by atoms with Crippen LogP contribution in [0, 0.1) is 5.92 Å². The van der Waals surface area contributed by atoms with Crippen LogP contribution in [0.15, 0.2) is 28.8 Å². The number of carbonyl (C=O) groups excluding carboxylic acids is 1. The molecule has 1 aromatic heterocycles. The highest BCUT2D eigenvalue weighted by molar-refractivity contribution is 5.76. The zero-order valence-electron chi connectivity index (χ0n) is 15.5. The Morgan fingerprint density at radius 3 is 2.64 bits per heavy atom. The predicted molar refractivity (Wildman–Crippen MR) is 94.6 cm³/mol. The van der Waals surface area contributed by atoms with Crippen LogP contribution in [0.25, 0.3) is 11.4 Å². The molecule has 1 aromatic carbocycles. The van der Waals surface area contributed by atoms with E-state index in [2.05, 4.69) is 15.5 Å². The number of benzene rings is 1. The zero-order valence-corrected chi connectivity index (χ0v) is 15.5. The standard InChI is InChI=1S/C19H22F3N3O3/c1-27-13-8-6-12(7-9-13)18-24-17(28-25-18)11-10-16(26)23-15-5-3-2-4-14(15)19(20,21)22/h6-9,14-15H,2-5,10-11H2,1H3,(H,23,26). The van der Waals surface area contributed by atoms with Crippen LogP contribution in [0.4, 0.5) is 13.2 Å². The van der Waals surface area contributed by atoms with Gasteiger partial charge in [0.15, 0.2) is 0 Å². The number of hydrogen-bond donors (Lipinski definition) is 1. The maximum Gasteiger partial charge on any atom is 0.393 e. The van der Waals surface area contributed by atoms with Gasteiger partial charge in [0.05, 0.1) is 13.0 Å². The molecule has 0 radical (unpaired) electrons. The lowest BCUT2D eigenvalue weighted by atomic mass is 9.84. The molecule has 3 rings (SSSR count). The summed E-state index contributed by atoms with van der Waals surface area (Å²) in [5, 5.41) is 6.41.